The van der Waals surface area contributed by atoms with E-state index in [1.807, 2.05) is 0 Å². The van der Waals surface area contributed by atoms with E-state index in [4.69, 9.17) is 0 Å². The lowest BCUT2D eigenvalue weighted by atomic mass is 9.89. The maximum atomic E-state index is 2.36. The quantitative estimate of drug-likeness (QED) is 0.141. The fourth-order valence-corrected chi connectivity index (χ4v) is 7.65. The van der Waals surface area contributed by atoms with Crippen LogP contribution in [0.1, 0.15) is 0 Å². The molecule has 0 aliphatic heterocycles. The summed E-state index contributed by atoms with van der Waals surface area (Å²) >= 11 is 0. The minimum absolute atomic E-state index is 1.24. The van der Waals surface area contributed by atoms with Crippen molar-refractivity contribution in [2.45, 2.75) is 0 Å². The van der Waals surface area contributed by atoms with E-state index in [0.717, 1.165) is 0 Å². The number of benzene rings is 10. The van der Waals surface area contributed by atoms with Gasteiger partial charge in [-0.3, -0.25) is 0 Å². The summed E-state index contributed by atoms with van der Waals surface area (Å²) in [7, 11) is 0. The van der Waals surface area contributed by atoms with Crippen LogP contribution >= 0.6 is 0 Å². The topological polar surface area (TPSA) is 0 Å². The molecule has 0 N–H and O–H groups in total. The molecule has 0 nitrogen and oxygen atoms in total. The van der Waals surface area contributed by atoms with Gasteiger partial charge in [0.15, 0.2) is 0 Å². The summed E-state index contributed by atoms with van der Waals surface area (Å²) in [4.78, 5) is 0. The summed E-state index contributed by atoms with van der Waals surface area (Å²) < 4.78 is 0. The van der Waals surface area contributed by atoms with Crippen LogP contribution in [-0.4, -0.2) is 0 Å². The minimum atomic E-state index is 1.24. The first kappa shape index (κ1) is 25.4. The van der Waals surface area contributed by atoms with Gasteiger partial charge in [0.1, 0.15) is 0 Å². The lowest BCUT2D eigenvalue weighted by molar-refractivity contribution is 1.66. The fraction of sp³-hybridized carbons (Fsp3) is 0. The van der Waals surface area contributed by atoms with Gasteiger partial charge in [-0.1, -0.05) is 133 Å². The molecule has 0 spiro atoms. The van der Waals surface area contributed by atoms with Gasteiger partial charge in [-0.05, 0) is 134 Å². The zero-order chi connectivity index (χ0) is 30.2. The van der Waals surface area contributed by atoms with Gasteiger partial charge >= 0.3 is 0 Å². The molecule has 0 aromatic heterocycles. The van der Waals surface area contributed by atoms with Gasteiger partial charge in [-0.15, -0.1) is 0 Å². The monoisotopic (exact) mass is 580 g/mol. The van der Waals surface area contributed by atoms with Crippen LogP contribution in [0, 0.1) is 0 Å². The van der Waals surface area contributed by atoms with Gasteiger partial charge in [0.2, 0.25) is 0 Å². The zero-order valence-electron chi connectivity index (χ0n) is 25.2. The number of rotatable bonds is 2. The first-order valence-electron chi connectivity index (χ1n) is 16.0. The maximum Gasteiger partial charge on any atom is -0.00990 e. The van der Waals surface area contributed by atoms with Gasteiger partial charge < -0.3 is 0 Å². The lowest BCUT2D eigenvalue weighted by Gasteiger charge is -2.14. The van der Waals surface area contributed by atoms with Gasteiger partial charge in [-0.25, -0.2) is 0 Å². The van der Waals surface area contributed by atoms with Crippen LogP contribution in [0.25, 0.3) is 97.7 Å². The second-order valence-electron chi connectivity index (χ2n) is 12.6. The Morgan fingerprint density at radius 2 is 0.565 bits per heavy atom. The predicted octanol–water partition coefficient (Wildman–Crippen LogP) is 13.1. The van der Waals surface area contributed by atoms with Crippen molar-refractivity contribution in [1.29, 1.82) is 0 Å². The first-order chi connectivity index (χ1) is 22.8. The third kappa shape index (κ3) is 3.87. The highest BCUT2D eigenvalue weighted by molar-refractivity contribution is 6.15. The zero-order valence-corrected chi connectivity index (χ0v) is 25.2. The number of hydrogen-bond acceptors (Lipinski definition) is 0. The van der Waals surface area contributed by atoms with Gasteiger partial charge in [0.05, 0.1) is 0 Å². The molecule has 0 unspecified atom stereocenters. The Morgan fingerprint density at radius 3 is 1.00 bits per heavy atom. The second kappa shape index (κ2) is 9.76. The average Bonchev–Trinajstić information content (AvgIpc) is 3.12. The standard InChI is InChI=1S/C46H28/c1-3-9-31-27-45-37(23-29(31)7-1)15-13-33-25-35(17-19-41(33)45)39-21-22-40(44-12-6-5-11-43(39)44)36-18-20-42-34(26-36)14-16-38-24-30-8-2-4-10-32(30)28-46(38)42/h1-28H. The Labute approximate surface area is 266 Å². The van der Waals surface area contributed by atoms with Crippen molar-refractivity contribution in [2.24, 2.45) is 0 Å². The molecule has 0 saturated heterocycles. The molecule has 46 heavy (non-hydrogen) atoms. The second-order valence-corrected chi connectivity index (χ2v) is 12.6. The van der Waals surface area contributed by atoms with E-state index in [-0.39, 0.29) is 0 Å². The molecule has 10 aromatic carbocycles. The van der Waals surface area contributed by atoms with Crippen LogP contribution in [-0.2, 0) is 0 Å². The molecule has 0 atom stereocenters. The van der Waals surface area contributed by atoms with Crippen molar-refractivity contribution >= 4 is 75.4 Å². The van der Waals surface area contributed by atoms with Crippen LogP contribution in [0.15, 0.2) is 170 Å². The molecule has 10 rings (SSSR count). The molecule has 0 aliphatic rings. The van der Waals surface area contributed by atoms with Crippen molar-refractivity contribution in [3.05, 3.63) is 170 Å². The summed E-state index contributed by atoms with van der Waals surface area (Å²) in [6.45, 7) is 0. The van der Waals surface area contributed by atoms with Crippen LogP contribution < -0.4 is 0 Å². The summed E-state index contributed by atoms with van der Waals surface area (Å²) in [6, 6.07) is 63.0. The molecule has 0 radical (unpaired) electrons. The Bertz CT molecular complexity index is 2660. The van der Waals surface area contributed by atoms with E-state index in [0.29, 0.717) is 0 Å². The van der Waals surface area contributed by atoms with E-state index < -0.39 is 0 Å². The van der Waals surface area contributed by atoms with Gasteiger partial charge in [0, 0.05) is 0 Å². The van der Waals surface area contributed by atoms with Gasteiger partial charge in [-0.2, -0.15) is 0 Å². The summed E-state index contributed by atoms with van der Waals surface area (Å²) in [6.07, 6.45) is 0. The Hall–Kier alpha value is -5.98. The molecule has 0 fully saturated rings. The summed E-state index contributed by atoms with van der Waals surface area (Å²) in [5.74, 6) is 0. The van der Waals surface area contributed by atoms with Crippen LogP contribution in [0.3, 0.4) is 0 Å². The normalized spacial score (nSPS) is 11.9. The van der Waals surface area contributed by atoms with Crippen LogP contribution in [0.2, 0.25) is 0 Å². The van der Waals surface area contributed by atoms with Crippen molar-refractivity contribution in [3.8, 4) is 22.3 Å². The highest BCUT2D eigenvalue weighted by atomic mass is 14.2. The average molecular weight is 581 g/mol. The number of hydrogen-bond donors (Lipinski definition) is 0. The molecule has 10 aromatic rings. The molecule has 0 heteroatoms. The molecule has 0 heterocycles. The van der Waals surface area contributed by atoms with Crippen molar-refractivity contribution < 1.29 is 0 Å². The Morgan fingerprint density at radius 1 is 0.196 bits per heavy atom. The summed E-state index contributed by atoms with van der Waals surface area (Å²) in [5, 5.41) is 18.0. The number of fused-ring (bicyclic) bond motifs is 9. The Kier molecular flexibility index (Phi) is 5.38. The van der Waals surface area contributed by atoms with Gasteiger partial charge in [0.25, 0.3) is 0 Å². The molecule has 0 bridgehead atoms. The third-order valence-electron chi connectivity index (χ3n) is 9.95. The first-order valence-corrected chi connectivity index (χ1v) is 16.0. The maximum absolute atomic E-state index is 2.36. The highest BCUT2D eigenvalue weighted by Crippen LogP contribution is 2.39. The van der Waals surface area contributed by atoms with Crippen LogP contribution in [0.4, 0.5) is 0 Å². The van der Waals surface area contributed by atoms with E-state index in [1.54, 1.807) is 0 Å². The molecule has 0 aliphatic carbocycles. The highest BCUT2D eigenvalue weighted by Gasteiger charge is 2.12. The molecule has 212 valence electrons. The fourth-order valence-electron chi connectivity index (χ4n) is 7.65. The van der Waals surface area contributed by atoms with Crippen molar-refractivity contribution in [3.63, 3.8) is 0 Å². The van der Waals surface area contributed by atoms with E-state index in [2.05, 4.69) is 170 Å². The Balaban J connectivity index is 1.11. The minimum Gasteiger partial charge on any atom is -0.0616 e. The van der Waals surface area contributed by atoms with E-state index in [9.17, 15) is 0 Å². The third-order valence-corrected chi connectivity index (χ3v) is 9.95. The molecular formula is C46H28. The van der Waals surface area contributed by atoms with Crippen molar-refractivity contribution in [1.82, 2.24) is 0 Å². The summed E-state index contributed by atoms with van der Waals surface area (Å²) in [5.41, 5.74) is 5.01. The molecular weight excluding hydrogens is 553 g/mol. The predicted molar refractivity (Wildman–Crippen MR) is 200 cm³/mol. The van der Waals surface area contributed by atoms with E-state index in [1.165, 1.54) is 97.7 Å². The molecule has 0 saturated carbocycles. The smallest absolute Gasteiger partial charge is 0.00990 e. The largest absolute Gasteiger partial charge is 0.0616 e. The van der Waals surface area contributed by atoms with Crippen LogP contribution in [0.5, 0.6) is 0 Å². The molecule has 0 amide bonds. The van der Waals surface area contributed by atoms with E-state index >= 15 is 0 Å². The SMILES string of the molecule is c1ccc2cc3c(ccc4cc(-c5ccc(-c6ccc7c(ccc8cc9ccccc9cc87)c6)c6ccccc56)ccc43)cc2c1. The van der Waals surface area contributed by atoms with Crippen molar-refractivity contribution in [2.75, 3.05) is 0 Å². The lowest BCUT2D eigenvalue weighted by Crippen LogP contribution is -1.88.